The van der Waals surface area contributed by atoms with Gasteiger partial charge >= 0.3 is 0 Å². The van der Waals surface area contributed by atoms with Crippen molar-refractivity contribution in [1.82, 2.24) is 9.62 Å². The van der Waals surface area contributed by atoms with Gasteiger partial charge in [0, 0.05) is 24.5 Å². The van der Waals surface area contributed by atoms with Gasteiger partial charge < -0.3 is 10.1 Å². The molecule has 146 valence electrons. The topological polar surface area (TPSA) is 75.7 Å². The molecule has 1 fully saturated rings. The molecular formula is C19H24N2O4S2. The van der Waals surface area contributed by atoms with Crippen LogP contribution in [0.4, 0.5) is 0 Å². The van der Waals surface area contributed by atoms with Crippen LogP contribution in [0.25, 0.3) is 0 Å². The molecule has 27 heavy (non-hydrogen) atoms. The van der Waals surface area contributed by atoms with E-state index in [9.17, 15) is 13.2 Å². The van der Waals surface area contributed by atoms with Gasteiger partial charge in [0.2, 0.25) is 5.91 Å². The van der Waals surface area contributed by atoms with Crippen molar-refractivity contribution in [3.05, 3.63) is 46.8 Å². The molecule has 1 aromatic carbocycles. The first-order valence-corrected chi connectivity index (χ1v) is 11.1. The zero-order valence-electron chi connectivity index (χ0n) is 15.5. The number of rotatable bonds is 6. The Kier molecular flexibility index (Phi) is 6.18. The van der Waals surface area contributed by atoms with Crippen molar-refractivity contribution in [3.63, 3.8) is 0 Å². The molecule has 3 rings (SSSR count). The number of methoxy groups -OCH3 is 1. The van der Waals surface area contributed by atoms with Crippen LogP contribution in [0.2, 0.25) is 0 Å². The molecule has 2 heterocycles. The lowest BCUT2D eigenvalue weighted by Crippen LogP contribution is -2.45. The molecule has 1 saturated heterocycles. The van der Waals surface area contributed by atoms with Crippen LogP contribution in [0.15, 0.2) is 40.6 Å². The maximum Gasteiger partial charge on any atom is 0.252 e. The van der Waals surface area contributed by atoms with Crippen LogP contribution in [0.3, 0.4) is 0 Å². The third-order valence-electron chi connectivity index (χ3n) is 4.69. The van der Waals surface area contributed by atoms with Crippen molar-refractivity contribution < 1.29 is 17.9 Å². The first kappa shape index (κ1) is 19.9. The molecular weight excluding hydrogens is 384 g/mol. The Balaban J connectivity index is 1.60. The zero-order valence-corrected chi connectivity index (χ0v) is 17.1. The summed E-state index contributed by atoms with van der Waals surface area (Å²) in [6.45, 7) is 2.99. The number of sulfonamides is 1. The number of benzene rings is 1. The maximum absolute atomic E-state index is 12.8. The summed E-state index contributed by atoms with van der Waals surface area (Å²) in [5, 5.41) is 2.92. The van der Waals surface area contributed by atoms with E-state index in [2.05, 4.69) is 5.32 Å². The van der Waals surface area contributed by atoms with Crippen LogP contribution in [-0.4, -0.2) is 38.8 Å². The zero-order chi connectivity index (χ0) is 19.4. The molecule has 1 unspecified atom stereocenters. The van der Waals surface area contributed by atoms with Gasteiger partial charge in [-0.2, -0.15) is 4.31 Å². The Morgan fingerprint density at radius 2 is 2.00 bits per heavy atom. The highest BCUT2D eigenvalue weighted by atomic mass is 32.2. The van der Waals surface area contributed by atoms with Gasteiger partial charge in [-0.05, 0) is 49.6 Å². The van der Waals surface area contributed by atoms with Gasteiger partial charge in [0.05, 0.1) is 13.0 Å². The van der Waals surface area contributed by atoms with Crippen LogP contribution in [-0.2, 0) is 21.4 Å². The Morgan fingerprint density at radius 1 is 1.26 bits per heavy atom. The van der Waals surface area contributed by atoms with E-state index in [0.717, 1.165) is 16.2 Å². The number of hydrogen-bond acceptors (Lipinski definition) is 5. The molecule has 0 spiro atoms. The Hall–Kier alpha value is -1.90. The average molecular weight is 409 g/mol. The van der Waals surface area contributed by atoms with Gasteiger partial charge in [-0.15, -0.1) is 11.3 Å². The second kappa shape index (κ2) is 8.41. The van der Waals surface area contributed by atoms with Gasteiger partial charge in [0.25, 0.3) is 10.0 Å². The molecule has 0 bridgehead atoms. The lowest BCUT2D eigenvalue weighted by molar-refractivity contribution is -0.126. The van der Waals surface area contributed by atoms with Gasteiger partial charge in [0.1, 0.15) is 9.96 Å². The van der Waals surface area contributed by atoms with Crippen molar-refractivity contribution in [3.8, 4) is 5.75 Å². The Morgan fingerprint density at radius 3 is 2.63 bits per heavy atom. The number of nitrogens with one attached hydrogen (secondary N) is 1. The number of carbonyl (C=O) groups is 1. The largest absolute Gasteiger partial charge is 0.497 e. The highest BCUT2D eigenvalue weighted by Gasteiger charge is 2.33. The second-order valence-electron chi connectivity index (χ2n) is 6.63. The first-order chi connectivity index (χ1) is 12.9. The van der Waals surface area contributed by atoms with E-state index < -0.39 is 10.0 Å². The molecule has 1 N–H and O–H groups in total. The SMILES string of the molecule is COc1ccc(CNC(=O)C2CCCN(S(=O)(=O)c3ccc(C)s3)C2)cc1. The van der Waals surface area contributed by atoms with E-state index in [1.807, 2.05) is 31.2 Å². The molecule has 1 amide bonds. The predicted octanol–water partition coefficient (Wildman–Crippen LogP) is 2.78. The summed E-state index contributed by atoms with van der Waals surface area (Å²) in [5.74, 6) is 0.336. The summed E-state index contributed by atoms with van der Waals surface area (Å²) < 4.78 is 32.5. The molecule has 8 heteroatoms. The van der Waals surface area contributed by atoms with Gasteiger partial charge in [0.15, 0.2) is 0 Å². The molecule has 0 aliphatic carbocycles. The van der Waals surface area contributed by atoms with Crippen LogP contribution >= 0.6 is 11.3 Å². The standard InChI is InChI=1S/C19H24N2O4S2/c1-14-5-10-18(26-14)27(23,24)21-11-3-4-16(13-21)19(22)20-12-15-6-8-17(25-2)9-7-15/h5-10,16H,3-4,11-13H2,1-2H3,(H,20,22). The second-order valence-corrected chi connectivity index (χ2v) is 10.1. The van der Waals surface area contributed by atoms with Crippen molar-refractivity contribution >= 4 is 27.3 Å². The first-order valence-electron chi connectivity index (χ1n) is 8.87. The minimum atomic E-state index is -3.52. The Bertz CT molecular complexity index is 891. The predicted molar refractivity (Wildman–Crippen MR) is 105 cm³/mol. The normalized spacial score (nSPS) is 18.2. The number of nitrogens with zero attached hydrogens (tertiary/aromatic N) is 1. The molecule has 0 saturated carbocycles. The van der Waals surface area contributed by atoms with E-state index in [4.69, 9.17) is 4.74 Å². The quantitative estimate of drug-likeness (QED) is 0.797. The monoisotopic (exact) mass is 408 g/mol. The molecule has 1 atom stereocenters. The van der Waals surface area contributed by atoms with E-state index in [1.54, 1.807) is 19.2 Å². The lowest BCUT2D eigenvalue weighted by atomic mass is 9.99. The number of hydrogen-bond donors (Lipinski definition) is 1. The van der Waals surface area contributed by atoms with Gasteiger partial charge in [-0.1, -0.05) is 12.1 Å². The van der Waals surface area contributed by atoms with Crippen LogP contribution < -0.4 is 10.1 Å². The van der Waals surface area contributed by atoms with E-state index in [-0.39, 0.29) is 18.4 Å². The molecule has 1 aliphatic rings. The van der Waals surface area contributed by atoms with E-state index in [0.29, 0.717) is 30.1 Å². The molecule has 0 radical (unpaired) electrons. The minimum absolute atomic E-state index is 0.104. The summed E-state index contributed by atoms with van der Waals surface area (Å²) in [4.78, 5) is 13.5. The van der Waals surface area contributed by atoms with Crippen LogP contribution in [0.5, 0.6) is 5.75 Å². The van der Waals surface area contributed by atoms with Gasteiger partial charge in [-0.25, -0.2) is 8.42 Å². The Labute approximate surface area is 164 Å². The third-order valence-corrected chi connectivity index (χ3v) is 8.02. The number of amides is 1. The summed E-state index contributed by atoms with van der Waals surface area (Å²) in [6, 6.07) is 10.9. The molecule has 2 aromatic rings. The van der Waals surface area contributed by atoms with Crippen molar-refractivity contribution in [2.75, 3.05) is 20.2 Å². The van der Waals surface area contributed by atoms with Crippen molar-refractivity contribution in [2.45, 2.75) is 30.5 Å². The molecule has 1 aromatic heterocycles. The summed E-state index contributed by atoms with van der Waals surface area (Å²) in [6.07, 6.45) is 1.38. The number of aryl methyl sites for hydroxylation is 1. The van der Waals surface area contributed by atoms with Crippen LogP contribution in [0, 0.1) is 12.8 Å². The fourth-order valence-corrected chi connectivity index (χ4v) is 6.09. The number of carbonyl (C=O) groups excluding carboxylic acids is 1. The maximum atomic E-state index is 12.8. The summed E-state index contributed by atoms with van der Waals surface area (Å²) >= 11 is 1.27. The fourth-order valence-electron chi connectivity index (χ4n) is 3.13. The summed E-state index contributed by atoms with van der Waals surface area (Å²) in [5.41, 5.74) is 0.971. The van der Waals surface area contributed by atoms with E-state index >= 15 is 0 Å². The number of piperidine rings is 1. The number of thiophene rings is 1. The van der Waals surface area contributed by atoms with E-state index in [1.165, 1.54) is 15.6 Å². The average Bonchev–Trinajstić information content (AvgIpc) is 3.14. The van der Waals surface area contributed by atoms with Crippen LogP contribution in [0.1, 0.15) is 23.3 Å². The summed E-state index contributed by atoms with van der Waals surface area (Å²) in [7, 11) is -1.92. The number of ether oxygens (including phenoxy) is 1. The highest BCUT2D eigenvalue weighted by Crippen LogP contribution is 2.28. The fraction of sp³-hybridized carbons (Fsp3) is 0.421. The molecule has 1 aliphatic heterocycles. The van der Waals surface area contributed by atoms with Crippen molar-refractivity contribution in [1.29, 1.82) is 0 Å². The lowest BCUT2D eigenvalue weighted by Gasteiger charge is -2.30. The minimum Gasteiger partial charge on any atom is -0.497 e. The van der Waals surface area contributed by atoms with Crippen molar-refractivity contribution in [2.24, 2.45) is 5.92 Å². The van der Waals surface area contributed by atoms with Gasteiger partial charge in [-0.3, -0.25) is 4.79 Å². The highest BCUT2D eigenvalue weighted by molar-refractivity contribution is 7.91. The third kappa shape index (κ3) is 4.69. The molecule has 6 nitrogen and oxygen atoms in total. The smallest absolute Gasteiger partial charge is 0.252 e.